The van der Waals surface area contributed by atoms with Crippen LogP contribution in [0.5, 0.6) is 0 Å². The zero-order chi connectivity index (χ0) is 12.9. The number of halogens is 2. The molecule has 4 heteroatoms. The molecular formula is C13H17BrFNO. The van der Waals surface area contributed by atoms with Gasteiger partial charge in [-0.2, -0.15) is 0 Å². The average molecular weight is 302 g/mol. The maximum absolute atomic E-state index is 12.9. The number of carbonyl (C=O) groups excluding carboxylic acids is 1. The fourth-order valence-electron chi connectivity index (χ4n) is 1.28. The largest absolute Gasteiger partial charge is 0.355 e. The minimum Gasteiger partial charge on any atom is -0.355 e. The van der Waals surface area contributed by atoms with Crippen LogP contribution < -0.4 is 5.32 Å². The first kappa shape index (κ1) is 14.2. The molecule has 0 spiro atoms. The van der Waals surface area contributed by atoms with Gasteiger partial charge in [-0.25, -0.2) is 4.39 Å². The summed E-state index contributed by atoms with van der Waals surface area (Å²) in [6, 6.07) is 6.11. The van der Waals surface area contributed by atoms with E-state index in [1.807, 2.05) is 0 Å². The average Bonchev–Trinajstić information content (AvgIpc) is 2.27. The van der Waals surface area contributed by atoms with Gasteiger partial charge in [0.2, 0.25) is 5.91 Å². The molecule has 2 nitrogen and oxygen atoms in total. The summed E-state index contributed by atoms with van der Waals surface area (Å²) in [7, 11) is 0. The molecule has 0 aliphatic heterocycles. The molecule has 0 bridgehead atoms. The van der Waals surface area contributed by atoms with Gasteiger partial charge in [-0.15, -0.1) is 0 Å². The Morgan fingerprint density at radius 1 is 1.47 bits per heavy atom. The second-order valence-corrected chi connectivity index (χ2v) is 5.44. The third-order valence-electron chi connectivity index (χ3n) is 2.38. The number of rotatable bonds is 5. The van der Waals surface area contributed by atoms with Gasteiger partial charge >= 0.3 is 0 Å². The highest BCUT2D eigenvalue weighted by atomic mass is 79.9. The molecule has 0 unspecified atom stereocenters. The van der Waals surface area contributed by atoms with Crippen molar-refractivity contribution in [1.29, 1.82) is 0 Å². The highest BCUT2D eigenvalue weighted by molar-refractivity contribution is 9.09. The molecule has 1 aromatic carbocycles. The van der Waals surface area contributed by atoms with E-state index in [0.29, 0.717) is 12.1 Å². The Kier molecular flexibility index (Phi) is 5.12. The Morgan fingerprint density at radius 3 is 2.76 bits per heavy atom. The summed E-state index contributed by atoms with van der Waals surface area (Å²) >= 11 is 3.40. The van der Waals surface area contributed by atoms with Gasteiger partial charge in [0.25, 0.3) is 0 Å². The molecule has 0 aliphatic carbocycles. The molecule has 0 aromatic heterocycles. The van der Waals surface area contributed by atoms with E-state index in [4.69, 9.17) is 0 Å². The zero-order valence-corrected chi connectivity index (χ0v) is 11.7. The van der Waals surface area contributed by atoms with Gasteiger partial charge in [0.1, 0.15) is 5.82 Å². The molecule has 0 heterocycles. The summed E-state index contributed by atoms with van der Waals surface area (Å²) in [6.07, 6.45) is 0.218. The summed E-state index contributed by atoms with van der Waals surface area (Å²) < 4.78 is 12.9. The van der Waals surface area contributed by atoms with Crippen molar-refractivity contribution in [2.75, 3.05) is 11.9 Å². The van der Waals surface area contributed by atoms with Gasteiger partial charge in [-0.05, 0) is 23.1 Å². The second-order valence-electron chi connectivity index (χ2n) is 4.88. The molecule has 0 aliphatic rings. The van der Waals surface area contributed by atoms with E-state index >= 15 is 0 Å². The molecule has 1 N–H and O–H groups in total. The predicted molar refractivity (Wildman–Crippen MR) is 70.7 cm³/mol. The van der Waals surface area contributed by atoms with E-state index in [0.717, 1.165) is 5.33 Å². The van der Waals surface area contributed by atoms with Gasteiger partial charge in [0, 0.05) is 11.9 Å². The molecular weight excluding hydrogens is 285 g/mol. The monoisotopic (exact) mass is 301 g/mol. The van der Waals surface area contributed by atoms with E-state index in [1.54, 1.807) is 12.1 Å². The molecule has 0 radical (unpaired) electrons. The molecule has 1 aromatic rings. The van der Waals surface area contributed by atoms with Gasteiger partial charge in [0.05, 0.1) is 6.42 Å². The van der Waals surface area contributed by atoms with Crippen molar-refractivity contribution in [2.45, 2.75) is 20.3 Å². The van der Waals surface area contributed by atoms with Crippen molar-refractivity contribution in [3.63, 3.8) is 0 Å². The number of benzene rings is 1. The Morgan fingerprint density at radius 2 is 2.18 bits per heavy atom. The summed E-state index contributed by atoms with van der Waals surface area (Å²) in [6.45, 7) is 4.72. The van der Waals surface area contributed by atoms with Crippen molar-refractivity contribution >= 4 is 21.8 Å². The van der Waals surface area contributed by atoms with Gasteiger partial charge in [-0.1, -0.05) is 41.9 Å². The topological polar surface area (TPSA) is 29.1 Å². The first-order valence-electron chi connectivity index (χ1n) is 5.50. The van der Waals surface area contributed by atoms with Crippen molar-refractivity contribution in [3.8, 4) is 0 Å². The van der Waals surface area contributed by atoms with Crippen LogP contribution in [-0.2, 0) is 11.2 Å². The maximum atomic E-state index is 12.9. The lowest BCUT2D eigenvalue weighted by Crippen LogP contribution is -2.35. The van der Waals surface area contributed by atoms with Crippen LogP contribution in [0, 0.1) is 11.2 Å². The van der Waals surface area contributed by atoms with E-state index in [1.165, 1.54) is 12.1 Å². The van der Waals surface area contributed by atoms with E-state index < -0.39 is 0 Å². The summed E-state index contributed by atoms with van der Waals surface area (Å²) in [5, 5.41) is 3.67. The summed E-state index contributed by atoms with van der Waals surface area (Å²) in [5.41, 5.74) is 0.719. The lowest BCUT2D eigenvalue weighted by atomic mass is 9.97. The van der Waals surface area contributed by atoms with Crippen LogP contribution in [0.15, 0.2) is 24.3 Å². The standard InChI is InChI=1S/C13H17BrFNO/c1-13(2,8-14)9-16-12(17)7-10-4-3-5-11(15)6-10/h3-6H,7-9H2,1-2H3,(H,16,17). The fourth-order valence-corrected chi connectivity index (χ4v) is 1.48. The highest BCUT2D eigenvalue weighted by Crippen LogP contribution is 2.16. The Labute approximate surface area is 110 Å². The third kappa shape index (κ3) is 5.31. The quantitative estimate of drug-likeness (QED) is 0.833. The molecule has 0 atom stereocenters. The first-order valence-corrected chi connectivity index (χ1v) is 6.62. The van der Waals surface area contributed by atoms with Crippen molar-refractivity contribution in [3.05, 3.63) is 35.6 Å². The zero-order valence-electron chi connectivity index (χ0n) is 10.1. The van der Waals surface area contributed by atoms with Crippen molar-refractivity contribution in [1.82, 2.24) is 5.32 Å². The molecule has 0 fully saturated rings. The fraction of sp³-hybridized carbons (Fsp3) is 0.462. The maximum Gasteiger partial charge on any atom is 0.224 e. The number of hydrogen-bond donors (Lipinski definition) is 1. The first-order chi connectivity index (χ1) is 7.93. The van der Waals surface area contributed by atoms with Crippen LogP contribution in [-0.4, -0.2) is 17.8 Å². The Bertz CT molecular complexity index is 393. The molecule has 94 valence electrons. The Balaban J connectivity index is 2.45. The number of hydrogen-bond acceptors (Lipinski definition) is 1. The molecule has 0 saturated heterocycles. The molecule has 0 saturated carbocycles. The van der Waals surface area contributed by atoms with E-state index in [-0.39, 0.29) is 23.6 Å². The summed E-state index contributed by atoms with van der Waals surface area (Å²) in [5.74, 6) is -0.388. The van der Waals surface area contributed by atoms with Crippen LogP contribution >= 0.6 is 15.9 Å². The van der Waals surface area contributed by atoms with Crippen LogP contribution in [0.3, 0.4) is 0 Å². The number of alkyl halides is 1. The Hall–Kier alpha value is -0.900. The summed E-state index contributed by atoms with van der Waals surface area (Å²) in [4.78, 5) is 11.6. The second kappa shape index (κ2) is 6.15. The molecule has 17 heavy (non-hydrogen) atoms. The van der Waals surface area contributed by atoms with Crippen LogP contribution in [0.1, 0.15) is 19.4 Å². The SMILES string of the molecule is CC(C)(CBr)CNC(=O)Cc1cccc(F)c1. The number of nitrogens with one attached hydrogen (secondary N) is 1. The van der Waals surface area contributed by atoms with Crippen molar-refractivity contribution in [2.24, 2.45) is 5.41 Å². The highest BCUT2D eigenvalue weighted by Gasteiger charge is 2.17. The number of amides is 1. The third-order valence-corrected chi connectivity index (χ3v) is 3.90. The van der Waals surface area contributed by atoms with E-state index in [2.05, 4.69) is 35.1 Å². The number of carbonyl (C=O) groups is 1. The van der Waals surface area contributed by atoms with Crippen LogP contribution in [0.4, 0.5) is 4.39 Å². The van der Waals surface area contributed by atoms with Gasteiger partial charge < -0.3 is 5.32 Å². The molecule has 1 rings (SSSR count). The van der Waals surface area contributed by atoms with Crippen molar-refractivity contribution < 1.29 is 9.18 Å². The molecule has 1 amide bonds. The van der Waals surface area contributed by atoms with Crippen LogP contribution in [0.2, 0.25) is 0 Å². The van der Waals surface area contributed by atoms with E-state index in [9.17, 15) is 9.18 Å². The predicted octanol–water partition coefficient (Wildman–Crippen LogP) is 2.91. The lowest BCUT2D eigenvalue weighted by Gasteiger charge is -2.21. The van der Waals surface area contributed by atoms with Gasteiger partial charge in [-0.3, -0.25) is 4.79 Å². The normalized spacial score (nSPS) is 11.3. The smallest absolute Gasteiger partial charge is 0.224 e. The minimum absolute atomic E-state index is 0.0254. The minimum atomic E-state index is -0.309. The van der Waals surface area contributed by atoms with Crippen LogP contribution in [0.25, 0.3) is 0 Å². The lowest BCUT2D eigenvalue weighted by molar-refractivity contribution is -0.120. The van der Waals surface area contributed by atoms with Gasteiger partial charge in [0.15, 0.2) is 0 Å².